The maximum atomic E-state index is 11.7. The Morgan fingerprint density at radius 3 is 2.89 bits per heavy atom. The lowest BCUT2D eigenvalue weighted by molar-refractivity contribution is -0.120. The molecule has 0 aromatic heterocycles. The van der Waals surface area contributed by atoms with Crippen molar-refractivity contribution < 1.29 is 9.18 Å². The second-order valence-electron chi connectivity index (χ2n) is 2.53. The van der Waals surface area contributed by atoms with Gasteiger partial charge in [-0.1, -0.05) is 0 Å². The fourth-order valence-electron chi connectivity index (χ4n) is 1.32. The second kappa shape index (κ2) is 2.95. The van der Waals surface area contributed by atoms with E-state index in [9.17, 15) is 9.18 Å². The molecule has 52 valence electrons. The first-order valence-electron chi connectivity index (χ1n) is 3.43. The van der Waals surface area contributed by atoms with Crippen LogP contribution in [0.3, 0.4) is 0 Å². The number of carbonyl (C=O) groups excluding carboxylic acids is 1. The van der Waals surface area contributed by atoms with E-state index >= 15 is 0 Å². The van der Waals surface area contributed by atoms with Gasteiger partial charge in [-0.25, -0.2) is 0 Å². The van der Waals surface area contributed by atoms with E-state index < -0.39 is 0 Å². The normalized spacial score (nSPS) is 27.2. The molecule has 0 aliphatic heterocycles. The maximum absolute atomic E-state index is 11.7. The smallest absolute Gasteiger partial charge is 0.136 e. The van der Waals surface area contributed by atoms with Gasteiger partial charge in [-0.05, 0) is 19.3 Å². The number of hydrogen-bond acceptors (Lipinski definition) is 1. The SMILES string of the molecule is O=C1CCC[C@H]1CCF. The van der Waals surface area contributed by atoms with Gasteiger partial charge in [-0.3, -0.25) is 9.18 Å². The Hall–Kier alpha value is -0.400. The highest BCUT2D eigenvalue weighted by atomic mass is 19.1. The Kier molecular flexibility index (Phi) is 2.20. The van der Waals surface area contributed by atoms with Crippen molar-refractivity contribution in [1.29, 1.82) is 0 Å². The van der Waals surface area contributed by atoms with E-state index in [-0.39, 0.29) is 18.4 Å². The van der Waals surface area contributed by atoms with Crippen LogP contribution in [-0.2, 0) is 4.79 Å². The summed E-state index contributed by atoms with van der Waals surface area (Å²) < 4.78 is 11.7. The number of Topliss-reactive ketones (excluding diaryl/α,β-unsaturated/α-hetero) is 1. The summed E-state index contributed by atoms with van der Waals surface area (Å²) in [5.41, 5.74) is 0. The first kappa shape index (κ1) is 6.72. The lowest BCUT2D eigenvalue weighted by atomic mass is 10.0. The fraction of sp³-hybridized carbons (Fsp3) is 0.857. The van der Waals surface area contributed by atoms with Gasteiger partial charge < -0.3 is 0 Å². The van der Waals surface area contributed by atoms with E-state index in [0.29, 0.717) is 12.8 Å². The molecule has 1 aliphatic rings. The molecule has 9 heavy (non-hydrogen) atoms. The molecule has 1 aliphatic carbocycles. The van der Waals surface area contributed by atoms with Gasteiger partial charge in [-0.15, -0.1) is 0 Å². The highest BCUT2D eigenvalue weighted by Gasteiger charge is 2.23. The zero-order valence-corrected chi connectivity index (χ0v) is 5.40. The van der Waals surface area contributed by atoms with Crippen molar-refractivity contribution in [3.63, 3.8) is 0 Å². The van der Waals surface area contributed by atoms with Gasteiger partial charge in [0, 0.05) is 12.3 Å². The highest BCUT2D eigenvalue weighted by Crippen LogP contribution is 2.23. The number of alkyl halides is 1. The molecule has 1 fully saturated rings. The third kappa shape index (κ3) is 1.50. The predicted molar refractivity (Wildman–Crippen MR) is 32.9 cm³/mol. The molecule has 1 saturated carbocycles. The summed E-state index contributed by atoms with van der Waals surface area (Å²) in [6, 6.07) is 0. The molecule has 1 nitrogen and oxygen atoms in total. The minimum atomic E-state index is -0.337. The van der Waals surface area contributed by atoms with Gasteiger partial charge >= 0.3 is 0 Å². The van der Waals surface area contributed by atoms with Gasteiger partial charge in [0.1, 0.15) is 5.78 Å². The molecule has 1 atom stereocenters. The molecule has 0 aromatic carbocycles. The van der Waals surface area contributed by atoms with Crippen LogP contribution in [0.4, 0.5) is 4.39 Å². The predicted octanol–water partition coefficient (Wildman–Crippen LogP) is 1.72. The third-order valence-electron chi connectivity index (χ3n) is 1.89. The van der Waals surface area contributed by atoms with E-state index in [0.717, 1.165) is 12.8 Å². The van der Waals surface area contributed by atoms with E-state index in [2.05, 4.69) is 0 Å². The molecule has 1 rings (SSSR count). The molecule has 0 saturated heterocycles. The Labute approximate surface area is 54.3 Å². The van der Waals surface area contributed by atoms with Crippen LogP contribution in [0.5, 0.6) is 0 Å². The highest BCUT2D eigenvalue weighted by molar-refractivity contribution is 5.82. The van der Waals surface area contributed by atoms with Crippen molar-refractivity contribution in [3.8, 4) is 0 Å². The standard InChI is InChI=1S/C7H11FO/c8-5-4-6-2-1-3-7(6)9/h6H,1-5H2/t6-/m0/s1. The average molecular weight is 130 g/mol. The largest absolute Gasteiger partial charge is 0.299 e. The summed E-state index contributed by atoms with van der Waals surface area (Å²) in [6.07, 6.45) is 3.04. The lowest BCUT2D eigenvalue weighted by Crippen LogP contribution is -2.06. The zero-order valence-electron chi connectivity index (χ0n) is 5.40. The van der Waals surface area contributed by atoms with Gasteiger partial charge in [0.05, 0.1) is 6.67 Å². The quantitative estimate of drug-likeness (QED) is 0.556. The second-order valence-corrected chi connectivity index (χ2v) is 2.53. The summed E-state index contributed by atoms with van der Waals surface area (Å²) >= 11 is 0. The third-order valence-corrected chi connectivity index (χ3v) is 1.89. The number of ketones is 1. The zero-order chi connectivity index (χ0) is 6.69. The van der Waals surface area contributed by atoms with Crippen molar-refractivity contribution in [3.05, 3.63) is 0 Å². The van der Waals surface area contributed by atoms with Crippen molar-refractivity contribution >= 4 is 5.78 Å². The van der Waals surface area contributed by atoms with Crippen LogP contribution in [0.15, 0.2) is 0 Å². The molecule has 0 radical (unpaired) electrons. The van der Waals surface area contributed by atoms with Crippen LogP contribution < -0.4 is 0 Å². The fourth-order valence-corrected chi connectivity index (χ4v) is 1.32. The summed E-state index contributed by atoms with van der Waals surface area (Å²) in [5, 5.41) is 0. The Bertz CT molecular complexity index is 111. The van der Waals surface area contributed by atoms with Crippen molar-refractivity contribution in [2.45, 2.75) is 25.7 Å². The minimum absolute atomic E-state index is 0.0648. The van der Waals surface area contributed by atoms with Crippen LogP contribution in [0.25, 0.3) is 0 Å². The monoisotopic (exact) mass is 130 g/mol. The summed E-state index contributed by atoms with van der Waals surface area (Å²) in [5.74, 6) is 0.336. The van der Waals surface area contributed by atoms with Gasteiger partial charge in [0.2, 0.25) is 0 Å². The molecule has 0 bridgehead atoms. The Morgan fingerprint density at radius 2 is 2.44 bits per heavy atom. The van der Waals surface area contributed by atoms with E-state index in [4.69, 9.17) is 0 Å². The van der Waals surface area contributed by atoms with E-state index in [1.54, 1.807) is 0 Å². The number of rotatable bonds is 2. The van der Waals surface area contributed by atoms with Crippen LogP contribution in [-0.4, -0.2) is 12.5 Å². The maximum Gasteiger partial charge on any atom is 0.136 e. The molecular formula is C7H11FO. The molecule has 0 heterocycles. The number of hydrogen-bond donors (Lipinski definition) is 0. The van der Waals surface area contributed by atoms with Crippen molar-refractivity contribution in [2.75, 3.05) is 6.67 Å². The lowest BCUT2D eigenvalue weighted by Gasteiger charge is -2.00. The minimum Gasteiger partial charge on any atom is -0.299 e. The van der Waals surface area contributed by atoms with Crippen LogP contribution in [0, 0.1) is 5.92 Å². The molecule has 2 heteroatoms. The molecule has 0 spiro atoms. The molecule has 0 amide bonds. The average Bonchev–Trinajstić information content (AvgIpc) is 2.18. The molecule has 0 unspecified atom stereocenters. The molecular weight excluding hydrogens is 119 g/mol. The summed E-state index contributed by atoms with van der Waals surface area (Å²) in [4.78, 5) is 10.8. The first-order valence-corrected chi connectivity index (χ1v) is 3.43. The topological polar surface area (TPSA) is 17.1 Å². The molecule has 0 aromatic rings. The summed E-state index contributed by atoms with van der Waals surface area (Å²) in [7, 11) is 0. The van der Waals surface area contributed by atoms with Gasteiger partial charge in [-0.2, -0.15) is 0 Å². The Morgan fingerprint density at radius 1 is 1.67 bits per heavy atom. The number of halogens is 1. The van der Waals surface area contributed by atoms with Crippen LogP contribution >= 0.6 is 0 Å². The van der Waals surface area contributed by atoms with Crippen LogP contribution in [0.1, 0.15) is 25.7 Å². The van der Waals surface area contributed by atoms with Crippen LogP contribution in [0.2, 0.25) is 0 Å². The van der Waals surface area contributed by atoms with E-state index in [1.165, 1.54) is 0 Å². The van der Waals surface area contributed by atoms with Crippen molar-refractivity contribution in [1.82, 2.24) is 0 Å². The van der Waals surface area contributed by atoms with Gasteiger partial charge in [0.25, 0.3) is 0 Å². The van der Waals surface area contributed by atoms with E-state index in [1.807, 2.05) is 0 Å². The first-order chi connectivity index (χ1) is 4.34. The summed E-state index contributed by atoms with van der Waals surface area (Å²) in [6.45, 7) is -0.337. The molecule has 0 N–H and O–H groups in total. The van der Waals surface area contributed by atoms with Gasteiger partial charge in [0.15, 0.2) is 0 Å². The number of carbonyl (C=O) groups is 1. The van der Waals surface area contributed by atoms with Crippen molar-refractivity contribution in [2.24, 2.45) is 5.92 Å². The Balaban J connectivity index is 2.31.